The van der Waals surface area contributed by atoms with Crippen molar-refractivity contribution >= 4 is 5.78 Å². The first kappa shape index (κ1) is 15.7. The van der Waals surface area contributed by atoms with E-state index in [-0.39, 0.29) is 17.5 Å². The number of nitrogens with one attached hydrogen (secondary N) is 1. The topological polar surface area (TPSA) is 55.0 Å². The molecule has 122 valence electrons. The van der Waals surface area contributed by atoms with Crippen LogP contribution in [0.2, 0.25) is 0 Å². The molecule has 4 nitrogen and oxygen atoms in total. The SMILES string of the molecule is Cc1[nH]nc2c1C(=O)CC(c1ccc(F)cc1OCC(C)C)C2. The fourth-order valence-electron chi connectivity index (χ4n) is 3.08. The molecular formula is C18H21FN2O2. The van der Waals surface area contributed by atoms with Crippen LogP contribution in [0.1, 0.15) is 53.5 Å². The second-order valence-electron chi connectivity index (χ2n) is 6.59. The first-order chi connectivity index (χ1) is 11.0. The zero-order valence-corrected chi connectivity index (χ0v) is 13.6. The fraction of sp³-hybridized carbons (Fsp3) is 0.444. The van der Waals surface area contributed by atoms with Crippen molar-refractivity contribution in [3.63, 3.8) is 0 Å². The fourth-order valence-corrected chi connectivity index (χ4v) is 3.08. The molecule has 1 N–H and O–H groups in total. The van der Waals surface area contributed by atoms with Crippen LogP contribution in [0.15, 0.2) is 18.2 Å². The summed E-state index contributed by atoms with van der Waals surface area (Å²) in [4.78, 5) is 12.4. The van der Waals surface area contributed by atoms with Crippen LogP contribution in [0.4, 0.5) is 4.39 Å². The lowest BCUT2D eigenvalue weighted by Crippen LogP contribution is -2.19. The van der Waals surface area contributed by atoms with Crippen molar-refractivity contribution in [3.05, 3.63) is 46.5 Å². The monoisotopic (exact) mass is 316 g/mol. The van der Waals surface area contributed by atoms with E-state index in [4.69, 9.17) is 4.74 Å². The molecule has 0 aliphatic heterocycles. The van der Waals surface area contributed by atoms with Gasteiger partial charge >= 0.3 is 0 Å². The van der Waals surface area contributed by atoms with Crippen LogP contribution in [-0.2, 0) is 6.42 Å². The van der Waals surface area contributed by atoms with Gasteiger partial charge in [-0.2, -0.15) is 5.10 Å². The van der Waals surface area contributed by atoms with Crippen molar-refractivity contribution in [3.8, 4) is 5.75 Å². The number of aryl methyl sites for hydroxylation is 1. The molecule has 0 amide bonds. The average Bonchev–Trinajstić information content (AvgIpc) is 2.87. The van der Waals surface area contributed by atoms with Crippen molar-refractivity contribution in [2.45, 2.75) is 39.5 Å². The molecule has 1 aliphatic carbocycles. The molecule has 1 atom stereocenters. The number of carbonyl (C=O) groups is 1. The van der Waals surface area contributed by atoms with Gasteiger partial charge in [0, 0.05) is 24.1 Å². The summed E-state index contributed by atoms with van der Waals surface area (Å²) in [5, 5.41) is 7.13. The van der Waals surface area contributed by atoms with Crippen LogP contribution in [0.3, 0.4) is 0 Å². The van der Waals surface area contributed by atoms with E-state index < -0.39 is 0 Å². The molecule has 23 heavy (non-hydrogen) atoms. The number of hydrogen-bond acceptors (Lipinski definition) is 3. The number of nitrogens with zero attached hydrogens (tertiary/aromatic N) is 1. The van der Waals surface area contributed by atoms with E-state index in [1.54, 1.807) is 6.07 Å². The van der Waals surface area contributed by atoms with Crippen molar-refractivity contribution in [1.82, 2.24) is 10.2 Å². The third-order valence-corrected chi connectivity index (χ3v) is 4.16. The molecule has 0 bridgehead atoms. The number of carbonyl (C=O) groups excluding carboxylic acids is 1. The molecular weight excluding hydrogens is 295 g/mol. The number of halogens is 1. The highest BCUT2D eigenvalue weighted by Crippen LogP contribution is 2.37. The van der Waals surface area contributed by atoms with Gasteiger partial charge in [-0.05, 0) is 30.9 Å². The molecule has 1 unspecified atom stereocenters. The Hall–Kier alpha value is -2.17. The predicted molar refractivity (Wildman–Crippen MR) is 85.5 cm³/mol. The van der Waals surface area contributed by atoms with Crippen LogP contribution in [-0.4, -0.2) is 22.6 Å². The van der Waals surface area contributed by atoms with Gasteiger partial charge in [0.05, 0.1) is 17.9 Å². The maximum Gasteiger partial charge on any atom is 0.167 e. The maximum atomic E-state index is 13.6. The van der Waals surface area contributed by atoms with Crippen molar-refractivity contribution < 1.29 is 13.9 Å². The maximum absolute atomic E-state index is 13.6. The Morgan fingerprint density at radius 3 is 2.91 bits per heavy atom. The third kappa shape index (κ3) is 3.14. The number of Topliss-reactive ketones (excluding diaryl/α,β-unsaturated/α-hetero) is 1. The molecule has 0 radical (unpaired) electrons. The molecule has 0 fully saturated rings. The third-order valence-electron chi connectivity index (χ3n) is 4.16. The average molecular weight is 316 g/mol. The lowest BCUT2D eigenvalue weighted by Gasteiger charge is -2.24. The molecule has 1 heterocycles. The van der Waals surface area contributed by atoms with Crippen molar-refractivity contribution in [1.29, 1.82) is 0 Å². The Labute approximate surface area is 135 Å². The van der Waals surface area contributed by atoms with Gasteiger partial charge in [-0.3, -0.25) is 9.89 Å². The van der Waals surface area contributed by atoms with Crippen LogP contribution < -0.4 is 4.74 Å². The summed E-state index contributed by atoms with van der Waals surface area (Å²) < 4.78 is 19.4. The standard InChI is InChI=1S/C18H21FN2O2/c1-10(2)9-23-17-8-13(19)4-5-14(17)12-6-15-18(16(22)7-12)11(3)20-21-15/h4-5,8,10,12H,6-7,9H2,1-3H3,(H,20,21). The van der Waals surface area contributed by atoms with E-state index in [9.17, 15) is 9.18 Å². The number of ether oxygens (including phenoxy) is 1. The molecule has 3 rings (SSSR count). The number of aromatic amines is 1. The Morgan fingerprint density at radius 2 is 2.17 bits per heavy atom. The van der Waals surface area contributed by atoms with Crippen LogP contribution in [0.25, 0.3) is 0 Å². The van der Waals surface area contributed by atoms with Gasteiger partial charge < -0.3 is 4.74 Å². The first-order valence-corrected chi connectivity index (χ1v) is 7.95. The lowest BCUT2D eigenvalue weighted by molar-refractivity contribution is 0.0963. The summed E-state index contributed by atoms with van der Waals surface area (Å²) >= 11 is 0. The number of fused-ring (bicyclic) bond motifs is 1. The number of benzene rings is 1. The summed E-state index contributed by atoms with van der Waals surface area (Å²) in [7, 11) is 0. The summed E-state index contributed by atoms with van der Waals surface area (Å²) in [5.74, 6) is 0.611. The molecule has 1 aromatic carbocycles. The Kier molecular flexibility index (Phi) is 4.20. The van der Waals surface area contributed by atoms with E-state index in [0.29, 0.717) is 36.7 Å². The number of aromatic nitrogens is 2. The number of rotatable bonds is 4. The van der Waals surface area contributed by atoms with Gasteiger partial charge in [-0.25, -0.2) is 4.39 Å². The molecule has 2 aromatic rings. The van der Waals surface area contributed by atoms with Crippen molar-refractivity contribution in [2.75, 3.05) is 6.61 Å². The van der Waals surface area contributed by atoms with Gasteiger partial charge in [0.2, 0.25) is 0 Å². The molecule has 5 heteroatoms. The second kappa shape index (κ2) is 6.14. The largest absolute Gasteiger partial charge is 0.493 e. The highest BCUT2D eigenvalue weighted by Gasteiger charge is 2.31. The van der Waals surface area contributed by atoms with Gasteiger partial charge in [0.1, 0.15) is 11.6 Å². The minimum Gasteiger partial charge on any atom is -0.493 e. The van der Waals surface area contributed by atoms with Crippen LogP contribution in [0.5, 0.6) is 5.75 Å². The Balaban J connectivity index is 1.91. The van der Waals surface area contributed by atoms with E-state index in [1.165, 1.54) is 12.1 Å². The molecule has 0 spiro atoms. The summed E-state index contributed by atoms with van der Waals surface area (Å²) in [6.45, 7) is 6.47. The Bertz CT molecular complexity index is 737. The minimum absolute atomic E-state index is 0.0273. The first-order valence-electron chi connectivity index (χ1n) is 7.95. The summed E-state index contributed by atoms with van der Waals surface area (Å²) in [6, 6.07) is 4.56. The zero-order valence-electron chi connectivity index (χ0n) is 13.6. The Morgan fingerprint density at radius 1 is 1.39 bits per heavy atom. The van der Waals surface area contributed by atoms with Crippen molar-refractivity contribution in [2.24, 2.45) is 5.92 Å². The number of hydrogen-bond donors (Lipinski definition) is 1. The highest BCUT2D eigenvalue weighted by atomic mass is 19.1. The predicted octanol–water partition coefficient (Wildman–Crippen LogP) is 3.80. The normalized spacial score (nSPS) is 17.4. The summed E-state index contributed by atoms with van der Waals surface area (Å²) in [5.41, 5.74) is 3.21. The van der Waals surface area contributed by atoms with Gasteiger partial charge in [-0.1, -0.05) is 19.9 Å². The highest BCUT2D eigenvalue weighted by molar-refractivity contribution is 5.99. The van der Waals surface area contributed by atoms with E-state index in [2.05, 4.69) is 10.2 Å². The molecule has 0 saturated carbocycles. The van der Waals surface area contributed by atoms with Gasteiger partial charge in [-0.15, -0.1) is 0 Å². The van der Waals surface area contributed by atoms with E-state index in [0.717, 1.165) is 17.0 Å². The minimum atomic E-state index is -0.328. The summed E-state index contributed by atoms with van der Waals surface area (Å²) in [6.07, 6.45) is 1.06. The smallest absolute Gasteiger partial charge is 0.167 e. The molecule has 1 aromatic heterocycles. The van der Waals surface area contributed by atoms with Crippen LogP contribution >= 0.6 is 0 Å². The number of ketones is 1. The van der Waals surface area contributed by atoms with Gasteiger partial charge in [0.15, 0.2) is 5.78 Å². The second-order valence-corrected chi connectivity index (χ2v) is 6.59. The zero-order chi connectivity index (χ0) is 16.6. The van der Waals surface area contributed by atoms with Crippen LogP contribution in [0, 0.1) is 18.7 Å². The van der Waals surface area contributed by atoms with Gasteiger partial charge in [0.25, 0.3) is 0 Å². The lowest BCUT2D eigenvalue weighted by atomic mass is 9.81. The molecule has 0 saturated heterocycles. The van der Waals surface area contributed by atoms with E-state index in [1.807, 2.05) is 20.8 Å². The van der Waals surface area contributed by atoms with E-state index >= 15 is 0 Å². The molecule has 1 aliphatic rings. The number of H-pyrrole nitrogens is 1. The quantitative estimate of drug-likeness (QED) is 0.933.